The number of aromatic carboxylic acids is 1. The number of rotatable bonds is 6. The number of pyridine rings is 1. The third-order valence-corrected chi connectivity index (χ3v) is 5.02. The van der Waals surface area contributed by atoms with E-state index in [2.05, 4.69) is 20.2 Å². The summed E-state index contributed by atoms with van der Waals surface area (Å²) in [6, 6.07) is 12.6. The molecule has 0 aliphatic carbocycles. The second-order valence-corrected chi connectivity index (χ2v) is 7.19. The van der Waals surface area contributed by atoms with E-state index in [1.807, 2.05) is 24.3 Å². The van der Waals surface area contributed by atoms with E-state index in [1.165, 1.54) is 0 Å². The van der Waals surface area contributed by atoms with Gasteiger partial charge in [-0.15, -0.1) is 0 Å². The lowest BCUT2D eigenvalue weighted by atomic mass is 10.1. The van der Waals surface area contributed by atoms with Gasteiger partial charge in [0.2, 0.25) is 0 Å². The third kappa shape index (κ3) is 3.81. The van der Waals surface area contributed by atoms with Crippen LogP contribution in [0.25, 0.3) is 11.4 Å². The summed E-state index contributed by atoms with van der Waals surface area (Å²) in [4.78, 5) is 33.7. The Bertz CT molecular complexity index is 1260. The van der Waals surface area contributed by atoms with Crippen molar-refractivity contribution >= 4 is 11.9 Å². The van der Waals surface area contributed by atoms with Gasteiger partial charge in [0.15, 0.2) is 0 Å². The van der Waals surface area contributed by atoms with Crippen LogP contribution in [-0.2, 0) is 19.7 Å². The maximum Gasteiger partial charge on any atom is 0.392 e. The quantitative estimate of drug-likeness (QED) is 0.476. The normalized spacial score (nSPS) is 12.6. The standard InChI is InChI=1S/C22H17N5O5/c28-21(27-10-18-19(11-27)32-20(25-18)22(29)30)14-3-1-2-13(8-14)12-31-15-4-5-16(23-9-15)17-6-7-24-26-17/h1-9H,10-12H2,(H,24,26)(H,29,30). The van der Waals surface area contributed by atoms with E-state index >= 15 is 0 Å². The molecule has 0 spiro atoms. The molecule has 0 unspecified atom stereocenters. The number of hydrogen-bond acceptors (Lipinski definition) is 7. The first kappa shape index (κ1) is 19.5. The van der Waals surface area contributed by atoms with E-state index in [1.54, 1.807) is 35.5 Å². The summed E-state index contributed by atoms with van der Waals surface area (Å²) >= 11 is 0. The van der Waals surface area contributed by atoms with Gasteiger partial charge < -0.3 is 19.2 Å². The molecule has 1 aromatic carbocycles. The van der Waals surface area contributed by atoms with Gasteiger partial charge >= 0.3 is 11.9 Å². The van der Waals surface area contributed by atoms with Crippen molar-refractivity contribution in [2.24, 2.45) is 0 Å². The minimum absolute atomic E-state index is 0.184. The molecule has 0 saturated carbocycles. The minimum atomic E-state index is -1.23. The van der Waals surface area contributed by atoms with Crippen molar-refractivity contribution in [2.45, 2.75) is 19.7 Å². The lowest BCUT2D eigenvalue weighted by Gasteiger charge is -2.15. The molecule has 4 heterocycles. The molecular formula is C22H17N5O5. The molecule has 4 aromatic rings. The minimum Gasteiger partial charge on any atom is -0.487 e. The summed E-state index contributed by atoms with van der Waals surface area (Å²) in [5.41, 5.74) is 3.39. The number of ether oxygens (including phenoxy) is 1. The van der Waals surface area contributed by atoms with E-state index in [9.17, 15) is 9.59 Å². The lowest BCUT2D eigenvalue weighted by molar-refractivity contribution is 0.0647. The van der Waals surface area contributed by atoms with Crippen molar-refractivity contribution in [3.8, 4) is 17.1 Å². The van der Waals surface area contributed by atoms with Gasteiger partial charge in [-0.1, -0.05) is 12.1 Å². The van der Waals surface area contributed by atoms with Crippen LogP contribution in [0.4, 0.5) is 0 Å². The van der Waals surface area contributed by atoms with Crippen LogP contribution in [0.15, 0.2) is 59.3 Å². The number of amides is 1. The topological polar surface area (TPSA) is 134 Å². The number of carbonyl (C=O) groups is 2. The summed E-state index contributed by atoms with van der Waals surface area (Å²) in [6.45, 7) is 0.667. The van der Waals surface area contributed by atoms with Crippen LogP contribution < -0.4 is 4.74 Å². The Morgan fingerprint density at radius 2 is 2.09 bits per heavy atom. The van der Waals surface area contributed by atoms with Crippen LogP contribution in [0.1, 0.15) is 38.1 Å². The molecule has 0 saturated heterocycles. The fourth-order valence-electron chi connectivity index (χ4n) is 3.44. The first-order chi connectivity index (χ1) is 15.6. The van der Waals surface area contributed by atoms with Crippen molar-refractivity contribution in [1.29, 1.82) is 0 Å². The highest BCUT2D eigenvalue weighted by Gasteiger charge is 2.30. The smallest absolute Gasteiger partial charge is 0.392 e. The van der Waals surface area contributed by atoms with Crippen LogP contribution in [0, 0.1) is 0 Å². The summed E-state index contributed by atoms with van der Waals surface area (Å²) in [6.07, 6.45) is 3.30. The Balaban J connectivity index is 1.22. The van der Waals surface area contributed by atoms with Gasteiger partial charge in [-0.05, 0) is 35.9 Å². The molecule has 160 valence electrons. The van der Waals surface area contributed by atoms with Crippen molar-refractivity contribution in [2.75, 3.05) is 0 Å². The van der Waals surface area contributed by atoms with Crippen LogP contribution in [0.2, 0.25) is 0 Å². The van der Waals surface area contributed by atoms with Crippen molar-refractivity contribution in [3.05, 3.63) is 83.3 Å². The number of fused-ring (bicyclic) bond motifs is 1. The van der Waals surface area contributed by atoms with Crippen LogP contribution in [0.3, 0.4) is 0 Å². The highest BCUT2D eigenvalue weighted by molar-refractivity contribution is 5.94. The Morgan fingerprint density at radius 1 is 1.19 bits per heavy atom. The summed E-state index contributed by atoms with van der Waals surface area (Å²) in [5.74, 6) is -0.761. The van der Waals surface area contributed by atoms with Gasteiger partial charge in [0.25, 0.3) is 5.91 Å². The van der Waals surface area contributed by atoms with Crippen LogP contribution >= 0.6 is 0 Å². The third-order valence-electron chi connectivity index (χ3n) is 5.02. The molecule has 2 N–H and O–H groups in total. The predicted molar refractivity (Wildman–Crippen MR) is 110 cm³/mol. The molecule has 1 aliphatic rings. The van der Waals surface area contributed by atoms with Gasteiger partial charge in [0.05, 0.1) is 30.7 Å². The van der Waals surface area contributed by atoms with Gasteiger partial charge in [-0.2, -0.15) is 5.10 Å². The van der Waals surface area contributed by atoms with E-state index in [4.69, 9.17) is 14.3 Å². The predicted octanol–water partition coefficient (Wildman–Crippen LogP) is 2.89. The number of benzene rings is 1. The highest BCUT2D eigenvalue weighted by atomic mass is 16.5. The van der Waals surface area contributed by atoms with Gasteiger partial charge in [0, 0.05) is 11.8 Å². The van der Waals surface area contributed by atoms with E-state index in [0.717, 1.165) is 17.0 Å². The number of carboxylic acid groups (broad SMARTS) is 1. The maximum absolute atomic E-state index is 12.9. The first-order valence-electron chi connectivity index (χ1n) is 9.75. The van der Waals surface area contributed by atoms with E-state index in [0.29, 0.717) is 22.8 Å². The number of aromatic nitrogens is 4. The van der Waals surface area contributed by atoms with Crippen molar-refractivity contribution in [3.63, 3.8) is 0 Å². The molecule has 10 heteroatoms. The molecular weight excluding hydrogens is 414 g/mol. The molecule has 32 heavy (non-hydrogen) atoms. The Labute approximate surface area is 181 Å². The molecule has 1 aliphatic heterocycles. The van der Waals surface area contributed by atoms with Crippen LogP contribution in [-0.4, -0.2) is 42.0 Å². The second kappa shape index (κ2) is 7.99. The van der Waals surface area contributed by atoms with Gasteiger partial charge in [0.1, 0.15) is 23.8 Å². The average molecular weight is 431 g/mol. The molecule has 10 nitrogen and oxygen atoms in total. The molecule has 0 bridgehead atoms. The fourth-order valence-corrected chi connectivity index (χ4v) is 3.44. The van der Waals surface area contributed by atoms with Crippen molar-refractivity contribution in [1.82, 2.24) is 25.1 Å². The number of aromatic amines is 1. The number of nitrogens with one attached hydrogen (secondary N) is 1. The average Bonchev–Trinajstić information content (AvgIpc) is 3.54. The number of hydrogen-bond donors (Lipinski definition) is 2. The van der Waals surface area contributed by atoms with Gasteiger partial charge in [-0.25, -0.2) is 9.78 Å². The maximum atomic E-state index is 12.9. The zero-order chi connectivity index (χ0) is 22.1. The number of carboxylic acids is 1. The molecule has 3 aromatic heterocycles. The Morgan fingerprint density at radius 3 is 2.81 bits per heavy atom. The summed E-state index contributed by atoms with van der Waals surface area (Å²) in [7, 11) is 0. The lowest BCUT2D eigenvalue weighted by Crippen LogP contribution is -2.25. The summed E-state index contributed by atoms with van der Waals surface area (Å²) in [5, 5.41) is 15.7. The van der Waals surface area contributed by atoms with Gasteiger partial charge in [-0.3, -0.25) is 14.9 Å². The highest BCUT2D eigenvalue weighted by Crippen LogP contribution is 2.25. The second-order valence-electron chi connectivity index (χ2n) is 7.19. The molecule has 0 radical (unpaired) electrons. The molecule has 0 atom stereocenters. The molecule has 5 rings (SSSR count). The summed E-state index contributed by atoms with van der Waals surface area (Å²) < 4.78 is 11.0. The van der Waals surface area contributed by atoms with E-state index in [-0.39, 0.29) is 31.5 Å². The zero-order valence-electron chi connectivity index (χ0n) is 16.7. The van der Waals surface area contributed by atoms with Crippen molar-refractivity contribution < 1.29 is 23.8 Å². The fraction of sp³-hybridized carbons (Fsp3) is 0.136. The first-order valence-corrected chi connectivity index (χ1v) is 9.75. The largest absolute Gasteiger partial charge is 0.487 e. The SMILES string of the molecule is O=C(O)c1nc2c(o1)CN(C(=O)c1cccc(COc3ccc(-c4ccn[nH]4)nc3)c1)C2. The zero-order valence-corrected chi connectivity index (χ0v) is 16.7. The Hall–Kier alpha value is -4.47. The van der Waals surface area contributed by atoms with Crippen LogP contribution in [0.5, 0.6) is 5.75 Å². The Kier molecular flexibility index (Phi) is 4.86. The number of oxazole rings is 1. The van der Waals surface area contributed by atoms with E-state index < -0.39 is 5.97 Å². The number of carbonyl (C=O) groups excluding carboxylic acids is 1. The number of H-pyrrole nitrogens is 1. The number of nitrogens with zero attached hydrogens (tertiary/aromatic N) is 4. The monoisotopic (exact) mass is 431 g/mol. The molecule has 1 amide bonds. The molecule has 0 fully saturated rings.